The first-order valence-corrected chi connectivity index (χ1v) is 7.09. The molecular weight excluding hydrogens is 312 g/mol. The molecule has 2 aromatic carbocycles. The van der Waals surface area contributed by atoms with Gasteiger partial charge in [-0.15, -0.1) is 5.10 Å². The lowest BCUT2D eigenvalue weighted by Crippen LogP contribution is -2.26. The number of anilines is 1. The molecule has 0 saturated heterocycles. The molecule has 0 saturated carbocycles. The fourth-order valence-electron chi connectivity index (χ4n) is 2.08. The molecule has 0 fully saturated rings. The molecule has 1 aromatic heterocycles. The zero-order valence-electron chi connectivity index (χ0n) is 12.8. The summed E-state index contributed by atoms with van der Waals surface area (Å²) in [6, 6.07) is 13.8. The summed E-state index contributed by atoms with van der Waals surface area (Å²) < 4.78 is 4.67. The number of esters is 1. The van der Waals surface area contributed by atoms with Gasteiger partial charge in [0.1, 0.15) is 11.0 Å². The minimum Gasteiger partial charge on any atom is -0.465 e. The molecule has 0 aliphatic heterocycles. The standard InChI is InChI=1S/C16H14N4O4/c1-23-16(22)11-7-8-13-14(9-11)20(19-18-13)24-10-15(21)17-12-5-3-2-4-6-12/h2-9H,10H2,1H3,(H,17,21). The highest BCUT2D eigenvalue weighted by molar-refractivity contribution is 5.93. The summed E-state index contributed by atoms with van der Waals surface area (Å²) in [6.45, 7) is -0.254. The second kappa shape index (κ2) is 6.78. The van der Waals surface area contributed by atoms with Crippen molar-refractivity contribution in [2.75, 3.05) is 19.0 Å². The van der Waals surface area contributed by atoms with Crippen LogP contribution in [0.1, 0.15) is 10.4 Å². The van der Waals surface area contributed by atoms with E-state index < -0.39 is 5.97 Å². The molecule has 0 aliphatic carbocycles. The lowest BCUT2D eigenvalue weighted by atomic mass is 10.2. The van der Waals surface area contributed by atoms with Crippen LogP contribution in [0.3, 0.4) is 0 Å². The number of nitrogens with zero attached hydrogens (tertiary/aromatic N) is 3. The van der Waals surface area contributed by atoms with Gasteiger partial charge in [0.25, 0.3) is 5.91 Å². The number of fused-ring (bicyclic) bond motifs is 1. The number of carbonyl (C=O) groups is 2. The number of para-hydroxylation sites is 1. The largest absolute Gasteiger partial charge is 0.465 e. The van der Waals surface area contributed by atoms with Gasteiger partial charge in [0.05, 0.1) is 12.7 Å². The van der Waals surface area contributed by atoms with E-state index in [2.05, 4.69) is 20.4 Å². The van der Waals surface area contributed by atoms with Crippen molar-refractivity contribution in [3.8, 4) is 0 Å². The predicted molar refractivity (Wildman–Crippen MR) is 85.4 cm³/mol. The molecule has 3 rings (SSSR count). The van der Waals surface area contributed by atoms with E-state index in [0.29, 0.717) is 22.3 Å². The normalized spacial score (nSPS) is 10.4. The summed E-state index contributed by atoms with van der Waals surface area (Å²) in [6.07, 6.45) is 0. The van der Waals surface area contributed by atoms with E-state index in [1.807, 2.05) is 18.2 Å². The van der Waals surface area contributed by atoms with Crippen molar-refractivity contribution in [2.45, 2.75) is 0 Å². The Kier molecular flexibility index (Phi) is 4.37. The maximum atomic E-state index is 11.9. The van der Waals surface area contributed by atoms with Gasteiger partial charge in [0.15, 0.2) is 6.61 Å². The van der Waals surface area contributed by atoms with Crippen LogP contribution in [-0.4, -0.2) is 40.8 Å². The van der Waals surface area contributed by atoms with E-state index in [9.17, 15) is 9.59 Å². The van der Waals surface area contributed by atoms with E-state index in [-0.39, 0.29) is 12.5 Å². The van der Waals surface area contributed by atoms with Gasteiger partial charge in [0, 0.05) is 5.69 Å². The van der Waals surface area contributed by atoms with Gasteiger partial charge in [-0.2, -0.15) is 0 Å². The SMILES string of the molecule is COC(=O)c1ccc2nnn(OCC(=O)Nc3ccccc3)c2c1. The number of amides is 1. The molecule has 0 spiro atoms. The van der Waals surface area contributed by atoms with Gasteiger partial charge in [0.2, 0.25) is 0 Å². The van der Waals surface area contributed by atoms with Crippen molar-refractivity contribution in [2.24, 2.45) is 0 Å². The van der Waals surface area contributed by atoms with Gasteiger partial charge in [-0.1, -0.05) is 23.0 Å². The van der Waals surface area contributed by atoms with Gasteiger partial charge in [-0.05, 0) is 35.5 Å². The number of carbonyl (C=O) groups excluding carboxylic acids is 2. The third kappa shape index (κ3) is 3.32. The number of methoxy groups -OCH3 is 1. The molecule has 0 atom stereocenters. The van der Waals surface area contributed by atoms with Crippen molar-refractivity contribution < 1.29 is 19.2 Å². The molecule has 0 aliphatic rings. The molecule has 8 nitrogen and oxygen atoms in total. The van der Waals surface area contributed by atoms with Gasteiger partial charge in [-0.3, -0.25) is 4.79 Å². The van der Waals surface area contributed by atoms with Crippen LogP contribution in [0.5, 0.6) is 0 Å². The number of aromatic nitrogens is 3. The summed E-state index contributed by atoms with van der Waals surface area (Å²) in [7, 11) is 1.30. The van der Waals surface area contributed by atoms with E-state index >= 15 is 0 Å². The van der Waals surface area contributed by atoms with Crippen LogP contribution < -0.4 is 10.2 Å². The molecule has 122 valence electrons. The van der Waals surface area contributed by atoms with Gasteiger partial charge >= 0.3 is 5.97 Å². The molecule has 1 heterocycles. The predicted octanol–water partition coefficient (Wildman–Crippen LogP) is 1.29. The van der Waals surface area contributed by atoms with Crippen molar-refractivity contribution in [3.63, 3.8) is 0 Å². The highest BCUT2D eigenvalue weighted by atomic mass is 16.7. The third-order valence-electron chi connectivity index (χ3n) is 3.21. The van der Waals surface area contributed by atoms with Crippen molar-refractivity contribution >= 4 is 28.6 Å². The first kappa shape index (κ1) is 15.5. The molecule has 0 unspecified atom stereocenters. The molecule has 0 radical (unpaired) electrons. The highest BCUT2D eigenvalue weighted by Gasteiger charge is 2.12. The third-order valence-corrected chi connectivity index (χ3v) is 3.21. The highest BCUT2D eigenvalue weighted by Crippen LogP contribution is 2.13. The Bertz CT molecular complexity index is 876. The summed E-state index contributed by atoms with van der Waals surface area (Å²) in [5, 5.41) is 10.4. The molecule has 1 amide bonds. The second-order valence-electron chi connectivity index (χ2n) is 4.85. The first-order chi connectivity index (χ1) is 11.7. The summed E-state index contributed by atoms with van der Waals surface area (Å²) in [5.41, 5.74) is 2.00. The van der Waals surface area contributed by atoms with E-state index in [0.717, 1.165) is 4.85 Å². The van der Waals surface area contributed by atoms with Crippen LogP contribution in [0.2, 0.25) is 0 Å². The van der Waals surface area contributed by atoms with Crippen LogP contribution >= 0.6 is 0 Å². The fourth-order valence-corrected chi connectivity index (χ4v) is 2.08. The van der Waals surface area contributed by atoms with E-state index in [1.165, 1.54) is 13.2 Å². The Morgan fingerprint density at radius 3 is 2.71 bits per heavy atom. The molecular formula is C16H14N4O4. The smallest absolute Gasteiger partial charge is 0.337 e. The Morgan fingerprint density at radius 2 is 1.96 bits per heavy atom. The minimum absolute atomic E-state index is 0.254. The molecule has 8 heteroatoms. The maximum Gasteiger partial charge on any atom is 0.337 e. The number of benzene rings is 2. The first-order valence-electron chi connectivity index (χ1n) is 7.09. The fraction of sp³-hybridized carbons (Fsp3) is 0.125. The zero-order chi connectivity index (χ0) is 16.9. The van der Waals surface area contributed by atoms with E-state index in [1.54, 1.807) is 24.3 Å². The quantitative estimate of drug-likeness (QED) is 0.710. The zero-order valence-corrected chi connectivity index (χ0v) is 12.8. The molecule has 24 heavy (non-hydrogen) atoms. The van der Waals surface area contributed by atoms with Crippen LogP contribution in [0.25, 0.3) is 11.0 Å². The number of ether oxygens (including phenoxy) is 1. The number of hydrogen-bond donors (Lipinski definition) is 1. The Hall–Kier alpha value is -3.42. The van der Waals surface area contributed by atoms with Crippen LogP contribution in [0.15, 0.2) is 48.5 Å². The lowest BCUT2D eigenvalue weighted by molar-refractivity contribution is -0.121. The minimum atomic E-state index is -0.480. The number of hydrogen-bond acceptors (Lipinski definition) is 6. The van der Waals surface area contributed by atoms with Crippen molar-refractivity contribution in [1.82, 2.24) is 15.2 Å². The summed E-state index contributed by atoms with van der Waals surface area (Å²) in [5.74, 6) is -0.819. The van der Waals surface area contributed by atoms with Crippen LogP contribution in [0.4, 0.5) is 5.69 Å². The van der Waals surface area contributed by atoms with Gasteiger partial charge < -0.3 is 14.9 Å². The van der Waals surface area contributed by atoms with Crippen LogP contribution in [-0.2, 0) is 9.53 Å². The maximum absolute atomic E-state index is 11.9. The second-order valence-corrected chi connectivity index (χ2v) is 4.85. The lowest BCUT2D eigenvalue weighted by Gasteiger charge is -2.07. The average Bonchev–Trinajstić information content (AvgIpc) is 3.02. The number of rotatable bonds is 5. The Balaban J connectivity index is 1.70. The van der Waals surface area contributed by atoms with Crippen molar-refractivity contribution in [1.29, 1.82) is 0 Å². The topological polar surface area (TPSA) is 95.3 Å². The summed E-state index contributed by atoms with van der Waals surface area (Å²) >= 11 is 0. The van der Waals surface area contributed by atoms with E-state index in [4.69, 9.17) is 4.84 Å². The molecule has 1 N–H and O–H groups in total. The summed E-state index contributed by atoms with van der Waals surface area (Å²) in [4.78, 5) is 29.9. The van der Waals surface area contributed by atoms with Crippen molar-refractivity contribution in [3.05, 3.63) is 54.1 Å². The average molecular weight is 326 g/mol. The van der Waals surface area contributed by atoms with Crippen LogP contribution in [0, 0.1) is 0 Å². The number of nitrogens with one attached hydrogen (secondary N) is 1. The Morgan fingerprint density at radius 1 is 1.17 bits per heavy atom. The molecule has 0 bridgehead atoms. The Labute approximate surface area is 136 Å². The van der Waals surface area contributed by atoms with Gasteiger partial charge in [-0.25, -0.2) is 4.79 Å². The molecule has 3 aromatic rings. The monoisotopic (exact) mass is 326 g/mol.